The second-order valence-electron chi connectivity index (χ2n) is 3.74. The van der Waals surface area contributed by atoms with Crippen molar-refractivity contribution in [3.63, 3.8) is 0 Å². The Kier molecular flexibility index (Phi) is 3.81. The van der Waals surface area contributed by atoms with Crippen LogP contribution in [0.25, 0.3) is 0 Å². The second-order valence-corrected chi connectivity index (χ2v) is 4.15. The van der Waals surface area contributed by atoms with Crippen molar-refractivity contribution in [3.05, 3.63) is 52.7 Å². The van der Waals surface area contributed by atoms with Crippen LogP contribution in [0.3, 0.4) is 0 Å². The number of nitriles is 1. The summed E-state index contributed by atoms with van der Waals surface area (Å²) in [7, 11) is 0. The van der Waals surface area contributed by atoms with Crippen LogP contribution in [0.4, 0.5) is 13.2 Å². The molecular formula is C13H6ClF3N2O. The van der Waals surface area contributed by atoms with E-state index in [0.29, 0.717) is 6.20 Å². The molecule has 0 radical (unpaired) electrons. The molecule has 0 bridgehead atoms. The Hall–Kier alpha value is -2.26. The summed E-state index contributed by atoms with van der Waals surface area (Å²) in [6.07, 6.45) is -3.76. The Labute approximate surface area is 117 Å². The third-order valence-electron chi connectivity index (χ3n) is 2.35. The van der Waals surface area contributed by atoms with Crippen molar-refractivity contribution < 1.29 is 17.9 Å². The zero-order valence-corrected chi connectivity index (χ0v) is 10.5. The lowest BCUT2D eigenvalue weighted by Crippen LogP contribution is -2.05. The van der Waals surface area contributed by atoms with Gasteiger partial charge in [-0.05, 0) is 18.2 Å². The topological polar surface area (TPSA) is 45.9 Å². The van der Waals surface area contributed by atoms with E-state index in [1.807, 2.05) is 6.07 Å². The summed E-state index contributed by atoms with van der Waals surface area (Å²) in [5, 5.41) is 8.90. The number of benzene rings is 1. The molecule has 0 N–H and O–H groups in total. The van der Waals surface area contributed by atoms with Gasteiger partial charge < -0.3 is 4.74 Å². The van der Waals surface area contributed by atoms with Gasteiger partial charge in [-0.3, -0.25) is 0 Å². The molecule has 0 atom stereocenters. The molecule has 0 amide bonds. The van der Waals surface area contributed by atoms with E-state index in [-0.39, 0.29) is 22.2 Å². The van der Waals surface area contributed by atoms with Crippen LogP contribution in [0.1, 0.15) is 11.1 Å². The van der Waals surface area contributed by atoms with Crippen molar-refractivity contribution in [1.29, 1.82) is 5.26 Å². The quantitative estimate of drug-likeness (QED) is 0.824. The van der Waals surface area contributed by atoms with Gasteiger partial charge in [0.15, 0.2) is 0 Å². The number of ether oxygens (including phenoxy) is 1. The van der Waals surface area contributed by atoms with Crippen molar-refractivity contribution in [2.75, 3.05) is 0 Å². The smallest absolute Gasteiger partial charge is 0.417 e. The molecule has 0 aliphatic heterocycles. The van der Waals surface area contributed by atoms with Crippen LogP contribution in [0.15, 0.2) is 36.5 Å². The summed E-state index contributed by atoms with van der Waals surface area (Å²) in [6.45, 7) is 0. The molecule has 2 rings (SSSR count). The van der Waals surface area contributed by atoms with Crippen molar-refractivity contribution >= 4 is 11.6 Å². The van der Waals surface area contributed by atoms with Crippen LogP contribution in [0.5, 0.6) is 11.6 Å². The van der Waals surface area contributed by atoms with Gasteiger partial charge in [-0.2, -0.15) is 18.4 Å². The first-order chi connectivity index (χ1) is 9.40. The van der Waals surface area contributed by atoms with E-state index in [1.165, 1.54) is 18.2 Å². The Morgan fingerprint density at radius 1 is 1.20 bits per heavy atom. The highest BCUT2D eigenvalue weighted by Gasteiger charge is 2.30. The maximum Gasteiger partial charge on any atom is 0.417 e. The molecule has 1 aromatic heterocycles. The predicted octanol–water partition coefficient (Wildman–Crippen LogP) is 4.42. The Morgan fingerprint density at radius 3 is 2.45 bits per heavy atom. The molecule has 3 nitrogen and oxygen atoms in total. The number of aromatic nitrogens is 1. The van der Waals surface area contributed by atoms with E-state index in [2.05, 4.69) is 4.98 Å². The Balaban J connectivity index is 2.19. The molecule has 0 unspecified atom stereocenters. The van der Waals surface area contributed by atoms with Crippen LogP contribution in [-0.4, -0.2) is 4.98 Å². The standard InChI is InChI=1S/C13H6ClF3N2O/c14-11-5-10(3-1-8(11)6-18)20-12-4-2-9(7-19-12)13(15,16)17/h1-5,7H. The van der Waals surface area contributed by atoms with Gasteiger partial charge in [0, 0.05) is 18.3 Å². The van der Waals surface area contributed by atoms with E-state index in [9.17, 15) is 13.2 Å². The van der Waals surface area contributed by atoms with Crippen LogP contribution in [-0.2, 0) is 6.18 Å². The van der Waals surface area contributed by atoms with Crippen LogP contribution < -0.4 is 4.74 Å². The molecule has 7 heteroatoms. The summed E-state index contributed by atoms with van der Waals surface area (Å²) >= 11 is 5.81. The SMILES string of the molecule is N#Cc1ccc(Oc2ccc(C(F)(F)F)cn2)cc1Cl. The third kappa shape index (κ3) is 3.19. The fourth-order valence-electron chi connectivity index (χ4n) is 1.38. The normalized spacial score (nSPS) is 10.9. The van der Waals surface area contributed by atoms with Crippen molar-refractivity contribution in [3.8, 4) is 17.7 Å². The van der Waals surface area contributed by atoms with Gasteiger partial charge in [-0.25, -0.2) is 4.98 Å². The average Bonchev–Trinajstić information content (AvgIpc) is 2.38. The Morgan fingerprint density at radius 2 is 1.95 bits per heavy atom. The largest absolute Gasteiger partial charge is 0.439 e. The number of hydrogen-bond donors (Lipinski definition) is 0. The summed E-state index contributed by atoms with van der Waals surface area (Å²) in [5.41, 5.74) is -0.581. The summed E-state index contributed by atoms with van der Waals surface area (Å²) < 4.78 is 42.3. The molecule has 1 heterocycles. The van der Waals surface area contributed by atoms with Gasteiger partial charge in [-0.15, -0.1) is 0 Å². The molecule has 1 aromatic carbocycles. The zero-order valence-electron chi connectivity index (χ0n) is 9.78. The van der Waals surface area contributed by atoms with E-state index in [0.717, 1.165) is 12.1 Å². The lowest BCUT2D eigenvalue weighted by atomic mass is 10.2. The fourth-order valence-corrected chi connectivity index (χ4v) is 1.59. The minimum atomic E-state index is -4.44. The van der Waals surface area contributed by atoms with Crippen molar-refractivity contribution in [2.45, 2.75) is 6.18 Å². The molecule has 20 heavy (non-hydrogen) atoms. The molecule has 0 saturated heterocycles. The van der Waals surface area contributed by atoms with Crippen LogP contribution in [0, 0.1) is 11.3 Å². The monoisotopic (exact) mass is 298 g/mol. The van der Waals surface area contributed by atoms with E-state index in [4.69, 9.17) is 21.6 Å². The number of hydrogen-bond acceptors (Lipinski definition) is 3. The van der Waals surface area contributed by atoms with E-state index in [1.54, 1.807) is 0 Å². The average molecular weight is 299 g/mol. The summed E-state index contributed by atoms with van der Waals surface area (Å²) in [5.74, 6) is 0.278. The molecule has 102 valence electrons. The number of alkyl halides is 3. The van der Waals surface area contributed by atoms with Gasteiger partial charge in [0.05, 0.1) is 16.1 Å². The maximum atomic E-state index is 12.4. The van der Waals surface area contributed by atoms with Crippen molar-refractivity contribution in [2.24, 2.45) is 0 Å². The zero-order chi connectivity index (χ0) is 14.8. The first-order valence-electron chi connectivity index (χ1n) is 5.31. The van der Waals surface area contributed by atoms with Crippen LogP contribution in [0.2, 0.25) is 5.02 Å². The van der Waals surface area contributed by atoms with Gasteiger partial charge in [0.1, 0.15) is 11.8 Å². The molecule has 0 fully saturated rings. The van der Waals surface area contributed by atoms with E-state index >= 15 is 0 Å². The molecule has 0 aliphatic rings. The summed E-state index contributed by atoms with van der Waals surface area (Å²) in [6, 6.07) is 8.17. The van der Waals surface area contributed by atoms with Gasteiger partial charge in [-0.1, -0.05) is 11.6 Å². The van der Waals surface area contributed by atoms with Gasteiger partial charge in [0.2, 0.25) is 5.88 Å². The third-order valence-corrected chi connectivity index (χ3v) is 2.66. The first kappa shape index (κ1) is 14.2. The number of halogens is 4. The lowest BCUT2D eigenvalue weighted by Gasteiger charge is -2.08. The molecule has 0 spiro atoms. The summed E-state index contributed by atoms with van der Waals surface area (Å²) in [4.78, 5) is 3.56. The minimum Gasteiger partial charge on any atom is -0.439 e. The van der Waals surface area contributed by atoms with E-state index < -0.39 is 11.7 Å². The maximum absolute atomic E-state index is 12.4. The van der Waals surface area contributed by atoms with Crippen LogP contribution >= 0.6 is 11.6 Å². The fraction of sp³-hybridized carbons (Fsp3) is 0.0769. The van der Waals surface area contributed by atoms with Gasteiger partial charge in [0.25, 0.3) is 0 Å². The number of rotatable bonds is 2. The number of nitrogens with zero attached hydrogens (tertiary/aromatic N) is 2. The first-order valence-corrected chi connectivity index (χ1v) is 5.68. The lowest BCUT2D eigenvalue weighted by molar-refractivity contribution is -0.137. The minimum absolute atomic E-state index is 0.00113. The second kappa shape index (κ2) is 5.39. The molecular weight excluding hydrogens is 293 g/mol. The molecule has 0 aliphatic carbocycles. The highest BCUT2D eigenvalue weighted by molar-refractivity contribution is 6.31. The Bertz CT molecular complexity index is 663. The highest BCUT2D eigenvalue weighted by atomic mass is 35.5. The number of pyridine rings is 1. The van der Waals surface area contributed by atoms with Crippen molar-refractivity contribution in [1.82, 2.24) is 4.98 Å². The predicted molar refractivity (Wildman–Crippen MR) is 65.5 cm³/mol. The van der Waals surface area contributed by atoms with Gasteiger partial charge >= 0.3 is 6.18 Å². The molecule has 0 saturated carbocycles. The highest BCUT2D eigenvalue weighted by Crippen LogP contribution is 2.30. The molecule has 2 aromatic rings.